The SMILES string of the molecule is [CH]1CC12CCCCN2. The topological polar surface area (TPSA) is 12.0 Å². The largest absolute Gasteiger partial charge is 0.311 e. The summed E-state index contributed by atoms with van der Waals surface area (Å²) >= 11 is 0. The van der Waals surface area contributed by atoms with Crippen molar-refractivity contribution in [1.82, 2.24) is 5.32 Å². The van der Waals surface area contributed by atoms with Crippen LogP contribution in [0.4, 0.5) is 0 Å². The Morgan fingerprint density at radius 2 is 2.25 bits per heavy atom. The van der Waals surface area contributed by atoms with Crippen molar-refractivity contribution in [2.24, 2.45) is 0 Å². The number of nitrogens with one attached hydrogen (secondary N) is 1. The van der Waals surface area contributed by atoms with Gasteiger partial charge in [-0.3, -0.25) is 0 Å². The van der Waals surface area contributed by atoms with Crippen LogP contribution in [0.2, 0.25) is 0 Å². The molecule has 1 heterocycles. The number of rotatable bonds is 0. The zero-order valence-electron chi connectivity index (χ0n) is 5.11. The molecule has 0 aromatic rings. The summed E-state index contributed by atoms with van der Waals surface area (Å²) in [4.78, 5) is 0. The maximum atomic E-state index is 3.51. The highest BCUT2D eigenvalue weighted by Gasteiger charge is 2.42. The van der Waals surface area contributed by atoms with Crippen LogP contribution in [0.3, 0.4) is 0 Å². The molecule has 2 aliphatic rings. The minimum absolute atomic E-state index is 0.554. The maximum Gasteiger partial charge on any atom is 0.0217 e. The molecule has 1 spiro atoms. The van der Waals surface area contributed by atoms with Crippen LogP contribution in [0, 0.1) is 6.42 Å². The second kappa shape index (κ2) is 1.47. The second-order valence-electron chi connectivity index (χ2n) is 2.95. The first kappa shape index (κ1) is 4.80. The standard InChI is InChI=1S/C7H12N/c1-2-6-8-7(3-1)4-5-7/h4,8H,1-3,5-6H2. The average Bonchev–Trinajstić information content (AvgIpc) is 2.52. The molecule has 1 unspecified atom stereocenters. The van der Waals surface area contributed by atoms with E-state index >= 15 is 0 Å². The zero-order chi connectivity index (χ0) is 5.45. The third kappa shape index (κ3) is 0.655. The van der Waals surface area contributed by atoms with E-state index in [0.717, 1.165) is 0 Å². The molecule has 1 saturated heterocycles. The molecule has 1 N–H and O–H groups in total. The minimum atomic E-state index is 0.554. The van der Waals surface area contributed by atoms with Crippen LogP contribution in [0.25, 0.3) is 0 Å². The van der Waals surface area contributed by atoms with Crippen LogP contribution in [0.5, 0.6) is 0 Å². The summed E-state index contributed by atoms with van der Waals surface area (Å²) in [6.45, 7) is 1.25. The summed E-state index contributed by atoms with van der Waals surface area (Å²) < 4.78 is 0. The van der Waals surface area contributed by atoms with Gasteiger partial charge < -0.3 is 5.32 Å². The third-order valence-electron chi connectivity index (χ3n) is 2.22. The Bertz CT molecular complexity index is 86.6. The molecule has 1 aliphatic heterocycles. The smallest absolute Gasteiger partial charge is 0.0217 e. The molecule has 1 radical (unpaired) electrons. The summed E-state index contributed by atoms with van der Waals surface area (Å²) in [7, 11) is 0. The molecule has 1 atom stereocenters. The first-order chi connectivity index (χ1) is 3.91. The first-order valence-electron chi connectivity index (χ1n) is 3.51. The van der Waals surface area contributed by atoms with Gasteiger partial charge in [-0.2, -0.15) is 0 Å². The lowest BCUT2D eigenvalue weighted by Crippen LogP contribution is -2.35. The van der Waals surface area contributed by atoms with Gasteiger partial charge in [0.15, 0.2) is 0 Å². The Kier molecular flexibility index (Phi) is 0.884. The molecule has 0 aromatic carbocycles. The van der Waals surface area contributed by atoms with Gasteiger partial charge in [-0.15, -0.1) is 0 Å². The lowest BCUT2D eigenvalue weighted by Gasteiger charge is -2.21. The zero-order valence-corrected chi connectivity index (χ0v) is 5.11. The second-order valence-corrected chi connectivity index (χ2v) is 2.95. The summed E-state index contributed by atoms with van der Waals surface area (Å²) in [5, 5.41) is 3.51. The van der Waals surface area contributed by atoms with E-state index in [4.69, 9.17) is 0 Å². The van der Waals surface area contributed by atoms with Crippen molar-refractivity contribution < 1.29 is 0 Å². The predicted octanol–water partition coefficient (Wildman–Crippen LogP) is 1.11. The number of piperidine rings is 1. The van der Waals surface area contributed by atoms with E-state index < -0.39 is 0 Å². The van der Waals surface area contributed by atoms with Crippen LogP contribution < -0.4 is 5.32 Å². The monoisotopic (exact) mass is 110 g/mol. The highest BCUT2D eigenvalue weighted by molar-refractivity contribution is 5.19. The summed E-state index contributed by atoms with van der Waals surface area (Å²) in [6, 6.07) is 0. The fraction of sp³-hybridized carbons (Fsp3) is 0.857. The van der Waals surface area contributed by atoms with Gasteiger partial charge in [0, 0.05) is 5.54 Å². The Hall–Kier alpha value is -0.0400. The van der Waals surface area contributed by atoms with Crippen molar-refractivity contribution in [3.63, 3.8) is 0 Å². The van der Waals surface area contributed by atoms with Crippen LogP contribution >= 0.6 is 0 Å². The van der Waals surface area contributed by atoms with E-state index in [1.54, 1.807) is 0 Å². The fourth-order valence-corrected chi connectivity index (χ4v) is 1.46. The Morgan fingerprint density at radius 3 is 2.62 bits per heavy atom. The Balaban J connectivity index is 1.95. The minimum Gasteiger partial charge on any atom is -0.311 e. The van der Waals surface area contributed by atoms with Gasteiger partial charge in [-0.1, -0.05) is 6.42 Å². The average molecular weight is 110 g/mol. The van der Waals surface area contributed by atoms with Gasteiger partial charge in [0.2, 0.25) is 0 Å². The van der Waals surface area contributed by atoms with E-state index in [0.29, 0.717) is 5.54 Å². The van der Waals surface area contributed by atoms with Crippen LogP contribution in [-0.4, -0.2) is 12.1 Å². The van der Waals surface area contributed by atoms with Crippen molar-refractivity contribution in [2.45, 2.75) is 31.2 Å². The van der Waals surface area contributed by atoms with Gasteiger partial charge in [0.05, 0.1) is 0 Å². The fourth-order valence-electron chi connectivity index (χ4n) is 1.46. The van der Waals surface area contributed by atoms with E-state index in [9.17, 15) is 0 Å². The molecular formula is C7H12N. The molecule has 2 rings (SSSR count). The predicted molar refractivity (Wildman–Crippen MR) is 33.5 cm³/mol. The van der Waals surface area contributed by atoms with Gasteiger partial charge in [-0.05, 0) is 32.2 Å². The van der Waals surface area contributed by atoms with Crippen molar-refractivity contribution in [2.75, 3.05) is 6.54 Å². The quantitative estimate of drug-likeness (QED) is 0.492. The van der Waals surface area contributed by atoms with Crippen LogP contribution in [0.15, 0.2) is 0 Å². The molecule has 0 aromatic heterocycles. The van der Waals surface area contributed by atoms with E-state index in [1.807, 2.05) is 0 Å². The highest BCUT2D eigenvalue weighted by Crippen LogP contribution is 2.40. The van der Waals surface area contributed by atoms with E-state index in [2.05, 4.69) is 11.7 Å². The van der Waals surface area contributed by atoms with Crippen molar-refractivity contribution in [3.8, 4) is 0 Å². The maximum absolute atomic E-state index is 3.51. The Morgan fingerprint density at radius 1 is 1.38 bits per heavy atom. The molecule has 1 saturated carbocycles. The molecule has 8 heavy (non-hydrogen) atoms. The highest BCUT2D eigenvalue weighted by atomic mass is 15.0. The molecule has 0 bridgehead atoms. The van der Waals surface area contributed by atoms with Crippen LogP contribution in [0.1, 0.15) is 25.7 Å². The first-order valence-corrected chi connectivity index (χ1v) is 3.51. The van der Waals surface area contributed by atoms with Crippen molar-refractivity contribution in [1.29, 1.82) is 0 Å². The van der Waals surface area contributed by atoms with Gasteiger partial charge in [0.1, 0.15) is 0 Å². The Labute approximate surface area is 50.5 Å². The van der Waals surface area contributed by atoms with Gasteiger partial charge in [-0.25, -0.2) is 0 Å². The summed E-state index contributed by atoms with van der Waals surface area (Å²) in [6.07, 6.45) is 7.94. The molecule has 0 amide bonds. The van der Waals surface area contributed by atoms with Crippen molar-refractivity contribution >= 4 is 0 Å². The van der Waals surface area contributed by atoms with E-state index in [1.165, 1.54) is 32.2 Å². The van der Waals surface area contributed by atoms with Gasteiger partial charge >= 0.3 is 0 Å². The number of hydrogen-bond acceptors (Lipinski definition) is 1. The van der Waals surface area contributed by atoms with Crippen molar-refractivity contribution in [3.05, 3.63) is 6.42 Å². The summed E-state index contributed by atoms with van der Waals surface area (Å²) in [5.41, 5.74) is 0.554. The lowest BCUT2D eigenvalue weighted by atomic mass is 10.0. The molecule has 1 nitrogen and oxygen atoms in total. The molecular weight excluding hydrogens is 98.1 g/mol. The normalized spacial score (nSPS) is 33.0. The summed E-state index contributed by atoms with van der Waals surface area (Å²) in [5.74, 6) is 0. The van der Waals surface area contributed by atoms with Gasteiger partial charge in [0.25, 0.3) is 0 Å². The number of hydrogen-bond donors (Lipinski definition) is 1. The third-order valence-corrected chi connectivity index (χ3v) is 2.22. The van der Waals surface area contributed by atoms with Crippen LogP contribution in [-0.2, 0) is 0 Å². The molecule has 45 valence electrons. The molecule has 1 heteroatoms. The molecule has 2 fully saturated rings. The molecule has 1 aliphatic carbocycles. The van der Waals surface area contributed by atoms with E-state index in [-0.39, 0.29) is 0 Å². The lowest BCUT2D eigenvalue weighted by molar-refractivity contribution is 0.398.